The molecule has 0 aliphatic carbocycles. The number of aromatic nitrogens is 2. The SMILES string of the molecule is COC(=O)Cn1c(=S)[nH]c2c(Cl)cccc21. The highest BCUT2D eigenvalue weighted by atomic mass is 35.5. The summed E-state index contributed by atoms with van der Waals surface area (Å²) in [6.07, 6.45) is 0. The maximum Gasteiger partial charge on any atom is 0.325 e. The summed E-state index contributed by atoms with van der Waals surface area (Å²) in [5, 5.41) is 0.576. The fourth-order valence-electron chi connectivity index (χ4n) is 1.50. The van der Waals surface area contributed by atoms with E-state index in [1.165, 1.54) is 7.11 Å². The molecular weight excluding hydrogens is 248 g/mol. The maximum absolute atomic E-state index is 11.2. The molecule has 84 valence electrons. The number of nitrogens with zero attached hydrogens (tertiary/aromatic N) is 1. The van der Waals surface area contributed by atoms with E-state index in [9.17, 15) is 4.79 Å². The number of imidazole rings is 1. The number of ether oxygens (including phenoxy) is 1. The second-order valence-corrected chi connectivity index (χ2v) is 4.02. The lowest BCUT2D eigenvalue weighted by atomic mass is 10.3. The minimum Gasteiger partial charge on any atom is -0.468 e. The molecule has 0 saturated carbocycles. The topological polar surface area (TPSA) is 47.0 Å². The quantitative estimate of drug-likeness (QED) is 0.663. The van der Waals surface area contributed by atoms with Crippen LogP contribution >= 0.6 is 23.8 Å². The van der Waals surface area contributed by atoms with Crippen molar-refractivity contribution in [3.05, 3.63) is 28.0 Å². The van der Waals surface area contributed by atoms with Crippen LogP contribution in [0.3, 0.4) is 0 Å². The van der Waals surface area contributed by atoms with E-state index in [-0.39, 0.29) is 12.5 Å². The molecule has 6 heteroatoms. The number of benzene rings is 1. The van der Waals surface area contributed by atoms with Crippen molar-refractivity contribution in [1.29, 1.82) is 0 Å². The van der Waals surface area contributed by atoms with Crippen molar-refractivity contribution in [2.45, 2.75) is 6.54 Å². The zero-order chi connectivity index (χ0) is 11.7. The molecule has 0 aliphatic heterocycles. The third-order valence-electron chi connectivity index (χ3n) is 2.27. The lowest BCUT2D eigenvalue weighted by Gasteiger charge is -2.02. The lowest BCUT2D eigenvalue weighted by molar-refractivity contribution is -0.141. The monoisotopic (exact) mass is 256 g/mol. The minimum atomic E-state index is -0.350. The number of rotatable bonds is 2. The molecule has 1 N–H and O–H groups in total. The minimum absolute atomic E-state index is 0.0790. The zero-order valence-electron chi connectivity index (χ0n) is 8.49. The number of halogens is 1. The van der Waals surface area contributed by atoms with Crippen LogP contribution in [0.25, 0.3) is 11.0 Å². The second kappa shape index (κ2) is 4.27. The summed E-state index contributed by atoms with van der Waals surface area (Å²) < 4.78 is 6.71. The van der Waals surface area contributed by atoms with Crippen LogP contribution < -0.4 is 0 Å². The van der Waals surface area contributed by atoms with E-state index in [1.54, 1.807) is 16.7 Å². The van der Waals surface area contributed by atoms with Crippen molar-refractivity contribution >= 4 is 40.8 Å². The van der Waals surface area contributed by atoms with Gasteiger partial charge in [0.2, 0.25) is 0 Å². The van der Waals surface area contributed by atoms with Gasteiger partial charge in [0.15, 0.2) is 4.77 Å². The van der Waals surface area contributed by atoms with Crippen LogP contribution in [0.2, 0.25) is 5.02 Å². The molecule has 2 aromatic rings. The highest BCUT2D eigenvalue weighted by molar-refractivity contribution is 7.71. The van der Waals surface area contributed by atoms with E-state index < -0.39 is 0 Å². The van der Waals surface area contributed by atoms with Gasteiger partial charge in [-0.25, -0.2) is 0 Å². The Morgan fingerprint density at radius 2 is 2.38 bits per heavy atom. The maximum atomic E-state index is 11.2. The summed E-state index contributed by atoms with van der Waals surface area (Å²) in [5.74, 6) is -0.350. The summed E-state index contributed by atoms with van der Waals surface area (Å²) in [7, 11) is 1.34. The van der Waals surface area contributed by atoms with Gasteiger partial charge in [-0.3, -0.25) is 4.79 Å². The first kappa shape index (κ1) is 11.2. The molecule has 0 aliphatic rings. The van der Waals surface area contributed by atoms with Crippen LogP contribution in [0.5, 0.6) is 0 Å². The number of hydrogen-bond acceptors (Lipinski definition) is 3. The second-order valence-electron chi connectivity index (χ2n) is 3.23. The fraction of sp³-hybridized carbons (Fsp3) is 0.200. The van der Waals surface area contributed by atoms with Gasteiger partial charge in [0.05, 0.1) is 23.2 Å². The van der Waals surface area contributed by atoms with Gasteiger partial charge in [0, 0.05) is 0 Å². The molecule has 0 unspecified atom stereocenters. The number of methoxy groups -OCH3 is 1. The average Bonchev–Trinajstić information content (AvgIpc) is 2.58. The van der Waals surface area contributed by atoms with Crippen LogP contribution in [0.1, 0.15) is 0 Å². The standard InChI is InChI=1S/C10H9ClN2O2S/c1-15-8(14)5-13-7-4-2-3-6(11)9(7)12-10(13)16/h2-4H,5H2,1H3,(H,12,16). The molecule has 0 saturated heterocycles. The van der Waals surface area contributed by atoms with E-state index in [0.29, 0.717) is 9.79 Å². The van der Waals surface area contributed by atoms with Crippen LogP contribution in [-0.4, -0.2) is 22.6 Å². The highest BCUT2D eigenvalue weighted by Crippen LogP contribution is 2.22. The number of aromatic amines is 1. The molecular formula is C10H9ClN2O2S. The summed E-state index contributed by atoms with van der Waals surface area (Å²) in [6.45, 7) is 0.0790. The summed E-state index contributed by atoms with van der Waals surface area (Å²) in [6, 6.07) is 5.41. The molecule has 16 heavy (non-hydrogen) atoms. The average molecular weight is 257 g/mol. The Balaban J connectivity index is 2.61. The number of esters is 1. The number of fused-ring (bicyclic) bond motifs is 1. The predicted octanol–water partition coefficient (Wildman–Crippen LogP) is 2.53. The van der Waals surface area contributed by atoms with E-state index in [0.717, 1.165) is 11.0 Å². The van der Waals surface area contributed by atoms with E-state index >= 15 is 0 Å². The van der Waals surface area contributed by atoms with Gasteiger partial charge in [-0.1, -0.05) is 17.7 Å². The van der Waals surface area contributed by atoms with Gasteiger partial charge in [-0.2, -0.15) is 0 Å². The fourth-order valence-corrected chi connectivity index (χ4v) is 1.98. The molecule has 2 rings (SSSR count). The normalized spacial score (nSPS) is 10.6. The first-order valence-electron chi connectivity index (χ1n) is 4.57. The lowest BCUT2D eigenvalue weighted by Crippen LogP contribution is -2.11. The largest absolute Gasteiger partial charge is 0.468 e. The van der Waals surface area contributed by atoms with Crippen LogP contribution in [0, 0.1) is 4.77 Å². The van der Waals surface area contributed by atoms with E-state index in [1.807, 2.05) is 6.07 Å². The third kappa shape index (κ3) is 1.83. The van der Waals surface area contributed by atoms with Crippen molar-refractivity contribution in [2.24, 2.45) is 0 Å². The Morgan fingerprint density at radius 1 is 1.62 bits per heavy atom. The van der Waals surface area contributed by atoms with Gasteiger partial charge in [0.25, 0.3) is 0 Å². The Labute approximate surface area is 102 Å². The number of para-hydroxylation sites is 1. The molecule has 0 spiro atoms. The van der Waals surface area contributed by atoms with Crippen molar-refractivity contribution in [1.82, 2.24) is 9.55 Å². The smallest absolute Gasteiger partial charge is 0.325 e. The number of hydrogen-bond donors (Lipinski definition) is 1. The Bertz CT molecular complexity index is 602. The molecule has 4 nitrogen and oxygen atoms in total. The molecule has 0 radical (unpaired) electrons. The first-order chi connectivity index (χ1) is 7.63. The van der Waals surface area contributed by atoms with Gasteiger partial charge < -0.3 is 14.3 Å². The molecule has 0 fully saturated rings. The van der Waals surface area contributed by atoms with Crippen LogP contribution in [0.4, 0.5) is 0 Å². The van der Waals surface area contributed by atoms with Gasteiger partial charge in [-0.05, 0) is 24.4 Å². The van der Waals surface area contributed by atoms with Crippen molar-refractivity contribution < 1.29 is 9.53 Å². The Kier molecular flexibility index (Phi) is 2.98. The van der Waals surface area contributed by atoms with E-state index in [4.69, 9.17) is 23.8 Å². The third-order valence-corrected chi connectivity index (χ3v) is 2.91. The molecule has 1 aromatic heterocycles. The first-order valence-corrected chi connectivity index (χ1v) is 5.36. The van der Waals surface area contributed by atoms with Crippen LogP contribution in [0.15, 0.2) is 18.2 Å². The number of carbonyl (C=O) groups is 1. The molecule has 0 bridgehead atoms. The van der Waals surface area contributed by atoms with Gasteiger partial charge >= 0.3 is 5.97 Å². The summed E-state index contributed by atoms with van der Waals surface area (Å²) in [5.41, 5.74) is 1.53. The zero-order valence-corrected chi connectivity index (χ0v) is 10.1. The van der Waals surface area contributed by atoms with Gasteiger partial charge in [-0.15, -0.1) is 0 Å². The van der Waals surface area contributed by atoms with Crippen molar-refractivity contribution in [3.8, 4) is 0 Å². The number of carbonyl (C=O) groups excluding carboxylic acids is 1. The molecule has 0 atom stereocenters. The summed E-state index contributed by atoms with van der Waals surface area (Å²) >= 11 is 11.1. The van der Waals surface area contributed by atoms with Crippen LogP contribution in [-0.2, 0) is 16.1 Å². The Morgan fingerprint density at radius 3 is 3.06 bits per heavy atom. The summed E-state index contributed by atoms with van der Waals surface area (Å²) in [4.78, 5) is 14.2. The molecule has 1 aromatic carbocycles. The highest BCUT2D eigenvalue weighted by Gasteiger charge is 2.10. The van der Waals surface area contributed by atoms with Gasteiger partial charge in [0.1, 0.15) is 6.54 Å². The number of H-pyrrole nitrogens is 1. The predicted molar refractivity (Wildman–Crippen MR) is 64.1 cm³/mol. The molecule has 0 amide bonds. The van der Waals surface area contributed by atoms with E-state index in [2.05, 4.69) is 9.72 Å². The molecule has 1 heterocycles. The van der Waals surface area contributed by atoms with Crippen molar-refractivity contribution in [2.75, 3.05) is 7.11 Å². The number of nitrogens with one attached hydrogen (secondary N) is 1. The van der Waals surface area contributed by atoms with Crippen molar-refractivity contribution in [3.63, 3.8) is 0 Å². The Hall–Kier alpha value is -1.33.